The van der Waals surface area contributed by atoms with Gasteiger partial charge in [0.15, 0.2) is 0 Å². The van der Waals surface area contributed by atoms with Gasteiger partial charge in [-0.25, -0.2) is 14.4 Å². The molecule has 6 rings (SSSR count). The summed E-state index contributed by atoms with van der Waals surface area (Å²) >= 11 is 6.54. The molecule has 0 aliphatic carbocycles. The molecule has 0 saturated carbocycles. The Morgan fingerprint density at radius 1 is 1.05 bits per heavy atom. The largest absolute Gasteiger partial charge is 0.492 e. The molecular formula is C33H33ClFN5O. The molecule has 1 aliphatic heterocycles. The highest BCUT2D eigenvalue weighted by Crippen LogP contribution is 2.32. The zero-order chi connectivity index (χ0) is 28.2. The number of aromatic nitrogens is 3. The lowest BCUT2D eigenvalue weighted by Crippen LogP contribution is -2.25. The van der Waals surface area contributed by atoms with E-state index in [0.29, 0.717) is 35.7 Å². The third-order valence-corrected chi connectivity index (χ3v) is 8.14. The van der Waals surface area contributed by atoms with Crippen molar-refractivity contribution in [1.82, 2.24) is 19.4 Å². The SMILES string of the molecule is CN1CCCC1CCn1ccc(-c2ccc3ncnc(Nc4ccc(OCCc5cccc(F)c5)c(Cl)c4)c3c2)c1. The molecule has 41 heavy (non-hydrogen) atoms. The van der Waals surface area contributed by atoms with E-state index in [-0.39, 0.29) is 5.82 Å². The minimum Gasteiger partial charge on any atom is -0.492 e. The number of hydrogen-bond donors (Lipinski definition) is 1. The summed E-state index contributed by atoms with van der Waals surface area (Å²) in [6, 6.07) is 21.2. The minimum atomic E-state index is -0.249. The first-order chi connectivity index (χ1) is 20.0. The molecule has 0 spiro atoms. The van der Waals surface area contributed by atoms with Crippen molar-refractivity contribution < 1.29 is 9.13 Å². The van der Waals surface area contributed by atoms with Crippen molar-refractivity contribution in [2.45, 2.75) is 38.3 Å². The van der Waals surface area contributed by atoms with E-state index in [0.717, 1.165) is 34.3 Å². The van der Waals surface area contributed by atoms with Crippen LogP contribution in [0.5, 0.6) is 5.75 Å². The van der Waals surface area contributed by atoms with Crippen LogP contribution in [0, 0.1) is 5.82 Å². The van der Waals surface area contributed by atoms with Crippen LogP contribution in [0.1, 0.15) is 24.8 Å². The Kier molecular flexibility index (Phi) is 8.16. The van der Waals surface area contributed by atoms with Crippen molar-refractivity contribution in [3.05, 3.63) is 102 Å². The van der Waals surface area contributed by atoms with Crippen LogP contribution in [-0.4, -0.2) is 45.7 Å². The number of benzene rings is 3. The number of nitrogens with one attached hydrogen (secondary N) is 1. The number of fused-ring (bicyclic) bond motifs is 1. The average Bonchev–Trinajstić information content (AvgIpc) is 3.62. The van der Waals surface area contributed by atoms with Gasteiger partial charge in [-0.2, -0.15) is 0 Å². The van der Waals surface area contributed by atoms with E-state index in [1.165, 1.54) is 43.5 Å². The van der Waals surface area contributed by atoms with Crippen LogP contribution < -0.4 is 10.1 Å². The van der Waals surface area contributed by atoms with Gasteiger partial charge in [0.25, 0.3) is 0 Å². The second kappa shape index (κ2) is 12.3. The maximum atomic E-state index is 13.4. The molecule has 3 heterocycles. The standard InChI is InChI=1S/C33H33ClFN5O/c1-39-14-3-6-28(39)12-16-40-15-11-25(21-40)24-7-9-31-29(19-24)33(37-22-36-31)38-27-8-10-32(30(34)20-27)41-17-13-23-4-2-5-26(35)18-23/h2,4-5,7-11,15,18-22,28H,3,6,12-14,16-17H2,1H3,(H,36,37,38). The quantitative estimate of drug-likeness (QED) is 0.186. The van der Waals surface area contributed by atoms with Crippen LogP contribution >= 0.6 is 11.6 Å². The van der Waals surface area contributed by atoms with Gasteiger partial charge in [-0.15, -0.1) is 0 Å². The van der Waals surface area contributed by atoms with E-state index in [4.69, 9.17) is 16.3 Å². The molecule has 1 aliphatic rings. The molecule has 3 aromatic carbocycles. The minimum absolute atomic E-state index is 0.249. The average molecular weight is 570 g/mol. The van der Waals surface area contributed by atoms with Crippen molar-refractivity contribution in [3.8, 4) is 16.9 Å². The zero-order valence-corrected chi connectivity index (χ0v) is 23.8. The Morgan fingerprint density at radius 3 is 2.80 bits per heavy atom. The van der Waals surface area contributed by atoms with Crippen molar-refractivity contribution in [1.29, 1.82) is 0 Å². The molecule has 6 nitrogen and oxygen atoms in total. The summed E-state index contributed by atoms with van der Waals surface area (Å²) in [6.45, 7) is 2.62. The summed E-state index contributed by atoms with van der Waals surface area (Å²) < 4.78 is 21.6. The van der Waals surface area contributed by atoms with Gasteiger partial charge in [0.2, 0.25) is 0 Å². The fraction of sp³-hybridized carbons (Fsp3) is 0.273. The Labute approximate surface area is 244 Å². The topological polar surface area (TPSA) is 55.2 Å². The first kappa shape index (κ1) is 27.2. The molecule has 1 unspecified atom stereocenters. The van der Waals surface area contributed by atoms with Crippen molar-refractivity contribution >= 4 is 34.0 Å². The highest BCUT2D eigenvalue weighted by molar-refractivity contribution is 6.32. The molecule has 0 radical (unpaired) electrons. The van der Waals surface area contributed by atoms with Gasteiger partial charge in [-0.1, -0.05) is 29.8 Å². The molecule has 1 saturated heterocycles. The Balaban J connectivity index is 1.14. The maximum Gasteiger partial charge on any atom is 0.141 e. The van der Waals surface area contributed by atoms with Crippen LogP contribution in [0.4, 0.5) is 15.9 Å². The summed E-state index contributed by atoms with van der Waals surface area (Å²) in [7, 11) is 2.23. The zero-order valence-electron chi connectivity index (χ0n) is 23.1. The number of aryl methyl sites for hydroxylation is 1. The van der Waals surface area contributed by atoms with Crippen LogP contribution in [-0.2, 0) is 13.0 Å². The van der Waals surface area contributed by atoms with Crippen molar-refractivity contribution in [2.75, 3.05) is 25.5 Å². The molecule has 1 atom stereocenters. The summed E-state index contributed by atoms with van der Waals surface area (Å²) in [5.74, 6) is 1.03. The predicted molar refractivity (Wildman–Crippen MR) is 164 cm³/mol. The molecule has 0 amide bonds. The normalized spacial score (nSPS) is 15.4. The molecule has 1 N–H and O–H groups in total. The lowest BCUT2D eigenvalue weighted by Gasteiger charge is -2.19. The monoisotopic (exact) mass is 569 g/mol. The number of hydrogen-bond acceptors (Lipinski definition) is 5. The van der Waals surface area contributed by atoms with Crippen LogP contribution in [0.3, 0.4) is 0 Å². The fourth-order valence-corrected chi connectivity index (χ4v) is 5.77. The molecule has 0 bridgehead atoms. The number of nitrogens with zero attached hydrogens (tertiary/aromatic N) is 4. The van der Waals surface area contributed by atoms with Crippen molar-refractivity contribution in [2.24, 2.45) is 0 Å². The lowest BCUT2D eigenvalue weighted by molar-refractivity contribution is 0.286. The first-order valence-corrected chi connectivity index (χ1v) is 14.4. The van der Waals surface area contributed by atoms with E-state index in [1.807, 2.05) is 30.3 Å². The maximum absolute atomic E-state index is 13.4. The second-order valence-corrected chi connectivity index (χ2v) is 11.1. The molecular weight excluding hydrogens is 537 g/mol. The summed E-state index contributed by atoms with van der Waals surface area (Å²) in [4.78, 5) is 11.5. The van der Waals surface area contributed by atoms with Crippen LogP contribution in [0.2, 0.25) is 5.02 Å². The third kappa shape index (κ3) is 6.53. The summed E-state index contributed by atoms with van der Waals surface area (Å²) in [5.41, 5.74) is 4.82. The lowest BCUT2D eigenvalue weighted by atomic mass is 10.1. The summed E-state index contributed by atoms with van der Waals surface area (Å²) in [6.07, 6.45) is 10.3. The molecule has 5 aromatic rings. The molecule has 210 valence electrons. The van der Waals surface area contributed by atoms with Gasteiger partial charge in [0, 0.05) is 42.5 Å². The van der Waals surface area contributed by atoms with Crippen molar-refractivity contribution in [3.63, 3.8) is 0 Å². The van der Waals surface area contributed by atoms with E-state index in [9.17, 15) is 4.39 Å². The van der Waals surface area contributed by atoms with Gasteiger partial charge in [-0.05, 0) is 98.1 Å². The predicted octanol–water partition coefficient (Wildman–Crippen LogP) is 7.74. The van der Waals surface area contributed by atoms with Gasteiger partial charge >= 0.3 is 0 Å². The fourth-order valence-electron chi connectivity index (χ4n) is 5.53. The molecule has 2 aromatic heterocycles. The Hall–Kier alpha value is -3.94. The highest BCUT2D eigenvalue weighted by atomic mass is 35.5. The number of halogens is 2. The van der Waals surface area contributed by atoms with Gasteiger partial charge in [-0.3, -0.25) is 0 Å². The number of likely N-dealkylation sites (tertiary alicyclic amines) is 1. The number of ether oxygens (including phenoxy) is 1. The van der Waals surface area contributed by atoms with Gasteiger partial charge < -0.3 is 19.5 Å². The Bertz CT molecular complexity index is 1650. The van der Waals surface area contributed by atoms with Gasteiger partial charge in [0.05, 0.1) is 17.1 Å². The van der Waals surface area contributed by atoms with Crippen LogP contribution in [0.15, 0.2) is 85.5 Å². The van der Waals surface area contributed by atoms with E-state index < -0.39 is 0 Å². The smallest absolute Gasteiger partial charge is 0.141 e. The van der Waals surface area contributed by atoms with E-state index in [2.05, 4.69) is 62.4 Å². The van der Waals surface area contributed by atoms with Gasteiger partial charge in [0.1, 0.15) is 23.7 Å². The third-order valence-electron chi connectivity index (χ3n) is 7.84. The molecule has 1 fully saturated rings. The number of anilines is 2. The van der Waals surface area contributed by atoms with Crippen LogP contribution in [0.25, 0.3) is 22.0 Å². The molecule has 8 heteroatoms. The van der Waals surface area contributed by atoms with E-state index >= 15 is 0 Å². The number of rotatable bonds is 10. The summed E-state index contributed by atoms with van der Waals surface area (Å²) in [5, 5.41) is 4.81. The highest BCUT2D eigenvalue weighted by Gasteiger charge is 2.20. The first-order valence-electron chi connectivity index (χ1n) is 14.1. The van der Waals surface area contributed by atoms with E-state index in [1.54, 1.807) is 12.4 Å². The second-order valence-electron chi connectivity index (χ2n) is 10.7. The Morgan fingerprint density at radius 2 is 1.98 bits per heavy atom.